The van der Waals surface area contributed by atoms with E-state index in [4.69, 9.17) is 28.6 Å². The van der Waals surface area contributed by atoms with Gasteiger partial charge in [0.2, 0.25) is 0 Å². The second kappa shape index (κ2) is 9.32. The Bertz CT molecular complexity index is 1400. The molecule has 0 radical (unpaired) electrons. The highest BCUT2D eigenvalue weighted by Gasteiger charge is 2.42. The smallest absolute Gasteiger partial charge is 0.174 e. The minimum absolute atomic E-state index is 0.147. The molecule has 1 aromatic carbocycles. The average Bonchev–Trinajstić information content (AvgIpc) is 3.35. The molecule has 0 amide bonds. The molecule has 2 atom stereocenters. The SMILES string of the molecule is COc1ccc(N2C(=S)N[C@H](c3ccccn3)[C@H]2c2cc(C)n(-c3ncccc3C)c2C)cc1Cl. The van der Waals surface area contributed by atoms with E-state index in [1.165, 1.54) is 0 Å². The number of thiocarbonyl (C=S) groups is 1. The minimum atomic E-state index is -0.150. The Morgan fingerprint density at radius 3 is 2.49 bits per heavy atom. The van der Waals surface area contributed by atoms with E-state index in [9.17, 15) is 0 Å². The molecule has 0 spiro atoms. The van der Waals surface area contributed by atoms with Crippen molar-refractivity contribution >= 4 is 34.6 Å². The number of nitrogens with one attached hydrogen (secondary N) is 1. The molecule has 4 heterocycles. The van der Waals surface area contributed by atoms with Crippen LogP contribution in [0.15, 0.2) is 67.0 Å². The first-order valence-corrected chi connectivity index (χ1v) is 12.1. The first kappa shape index (κ1) is 23.3. The van der Waals surface area contributed by atoms with Gasteiger partial charge < -0.3 is 19.5 Å². The van der Waals surface area contributed by atoms with Gasteiger partial charge in [0.05, 0.1) is 29.9 Å². The summed E-state index contributed by atoms with van der Waals surface area (Å²) in [4.78, 5) is 11.5. The fourth-order valence-electron chi connectivity index (χ4n) is 4.88. The molecular formula is C27H26ClN5OS. The number of nitrogens with zero attached hydrogens (tertiary/aromatic N) is 4. The summed E-state index contributed by atoms with van der Waals surface area (Å²) in [6.07, 6.45) is 3.64. The van der Waals surface area contributed by atoms with E-state index in [0.717, 1.165) is 39.7 Å². The van der Waals surface area contributed by atoms with Crippen LogP contribution in [0.2, 0.25) is 5.02 Å². The number of halogens is 1. The van der Waals surface area contributed by atoms with Crippen molar-refractivity contribution in [2.75, 3.05) is 12.0 Å². The van der Waals surface area contributed by atoms with Crippen LogP contribution < -0.4 is 15.0 Å². The highest BCUT2D eigenvalue weighted by atomic mass is 35.5. The Morgan fingerprint density at radius 1 is 1.00 bits per heavy atom. The fraction of sp³-hybridized carbons (Fsp3) is 0.222. The molecule has 1 N–H and O–H groups in total. The maximum Gasteiger partial charge on any atom is 0.174 e. The molecule has 35 heavy (non-hydrogen) atoms. The Labute approximate surface area is 215 Å². The first-order valence-electron chi connectivity index (χ1n) is 11.4. The predicted octanol–water partition coefficient (Wildman–Crippen LogP) is 6.03. The van der Waals surface area contributed by atoms with Crippen molar-refractivity contribution in [3.05, 3.63) is 100 Å². The summed E-state index contributed by atoms with van der Waals surface area (Å²) in [7, 11) is 1.61. The van der Waals surface area contributed by atoms with Crippen molar-refractivity contribution in [1.82, 2.24) is 19.9 Å². The van der Waals surface area contributed by atoms with Gasteiger partial charge in [0, 0.05) is 29.5 Å². The van der Waals surface area contributed by atoms with Crippen LogP contribution >= 0.6 is 23.8 Å². The molecule has 1 fully saturated rings. The molecule has 1 aliphatic heterocycles. The second-order valence-electron chi connectivity index (χ2n) is 8.62. The summed E-state index contributed by atoms with van der Waals surface area (Å²) in [6, 6.07) is 17.6. The largest absolute Gasteiger partial charge is 0.495 e. The summed E-state index contributed by atoms with van der Waals surface area (Å²) < 4.78 is 7.58. The van der Waals surface area contributed by atoms with Crippen LogP contribution in [0.1, 0.15) is 40.3 Å². The van der Waals surface area contributed by atoms with Gasteiger partial charge in [0.25, 0.3) is 0 Å². The molecule has 8 heteroatoms. The molecule has 6 nitrogen and oxygen atoms in total. The number of aromatic nitrogens is 3. The van der Waals surface area contributed by atoms with Gasteiger partial charge in [-0.2, -0.15) is 0 Å². The Kier molecular flexibility index (Phi) is 6.21. The molecule has 0 saturated carbocycles. The Hall–Kier alpha value is -3.42. The van der Waals surface area contributed by atoms with Gasteiger partial charge in [0.1, 0.15) is 11.6 Å². The van der Waals surface area contributed by atoms with Crippen molar-refractivity contribution in [3.63, 3.8) is 0 Å². The number of anilines is 1. The van der Waals surface area contributed by atoms with E-state index in [1.807, 2.05) is 54.9 Å². The summed E-state index contributed by atoms with van der Waals surface area (Å²) in [6.45, 7) is 6.32. The average molecular weight is 504 g/mol. The van der Waals surface area contributed by atoms with Crippen molar-refractivity contribution in [2.45, 2.75) is 32.9 Å². The zero-order chi connectivity index (χ0) is 24.7. The fourth-order valence-corrected chi connectivity index (χ4v) is 5.48. The van der Waals surface area contributed by atoms with E-state index < -0.39 is 0 Å². The van der Waals surface area contributed by atoms with E-state index in [2.05, 4.69) is 57.7 Å². The van der Waals surface area contributed by atoms with E-state index >= 15 is 0 Å². The van der Waals surface area contributed by atoms with E-state index in [0.29, 0.717) is 15.9 Å². The number of benzene rings is 1. The lowest BCUT2D eigenvalue weighted by Gasteiger charge is -2.28. The molecule has 0 aliphatic carbocycles. The summed E-state index contributed by atoms with van der Waals surface area (Å²) >= 11 is 12.4. The molecule has 0 unspecified atom stereocenters. The topological polar surface area (TPSA) is 55.2 Å². The number of rotatable bonds is 5. The van der Waals surface area contributed by atoms with Gasteiger partial charge in [-0.15, -0.1) is 0 Å². The monoisotopic (exact) mass is 503 g/mol. The zero-order valence-corrected chi connectivity index (χ0v) is 21.6. The number of aryl methyl sites for hydroxylation is 2. The number of hydrogen-bond acceptors (Lipinski definition) is 4. The molecule has 178 valence electrons. The molecule has 1 saturated heterocycles. The van der Waals surface area contributed by atoms with Crippen molar-refractivity contribution in [2.24, 2.45) is 0 Å². The maximum absolute atomic E-state index is 6.52. The molecule has 1 aliphatic rings. The van der Waals surface area contributed by atoms with Crippen LogP contribution in [-0.4, -0.2) is 26.8 Å². The van der Waals surface area contributed by atoms with Crippen LogP contribution in [-0.2, 0) is 0 Å². The van der Waals surface area contributed by atoms with Crippen LogP contribution in [0.3, 0.4) is 0 Å². The Morgan fingerprint density at radius 2 is 1.80 bits per heavy atom. The molecule has 0 bridgehead atoms. The number of hydrogen-bond donors (Lipinski definition) is 1. The van der Waals surface area contributed by atoms with Crippen molar-refractivity contribution < 1.29 is 4.74 Å². The van der Waals surface area contributed by atoms with Gasteiger partial charge in [-0.3, -0.25) is 4.98 Å². The van der Waals surface area contributed by atoms with Gasteiger partial charge >= 0.3 is 0 Å². The molecule has 3 aromatic heterocycles. The lowest BCUT2D eigenvalue weighted by atomic mass is 9.96. The quantitative estimate of drug-likeness (QED) is 0.335. The second-order valence-corrected chi connectivity index (χ2v) is 9.42. The lowest BCUT2D eigenvalue weighted by Crippen LogP contribution is -2.29. The molecule has 5 rings (SSSR count). The van der Waals surface area contributed by atoms with Crippen LogP contribution in [0, 0.1) is 20.8 Å². The maximum atomic E-state index is 6.52. The van der Waals surface area contributed by atoms with E-state index in [1.54, 1.807) is 7.11 Å². The van der Waals surface area contributed by atoms with Crippen LogP contribution in [0.5, 0.6) is 5.75 Å². The zero-order valence-electron chi connectivity index (χ0n) is 20.0. The third-order valence-corrected chi connectivity index (χ3v) is 7.10. The normalized spacial score (nSPS) is 17.5. The third kappa shape index (κ3) is 4.05. The highest BCUT2D eigenvalue weighted by molar-refractivity contribution is 7.80. The number of methoxy groups -OCH3 is 1. The van der Waals surface area contributed by atoms with Gasteiger partial charge in [-0.05, 0) is 86.6 Å². The lowest BCUT2D eigenvalue weighted by molar-refractivity contribution is 0.415. The van der Waals surface area contributed by atoms with Crippen molar-refractivity contribution in [3.8, 4) is 11.6 Å². The standard InChI is InChI=1S/C27H26ClN5OS/c1-16-8-7-13-30-26(16)32-17(2)14-20(18(32)3)25-24(22-9-5-6-12-29-22)31-27(35)33(25)19-10-11-23(34-4)21(28)15-19/h5-15,24-25H,1-4H3,(H,31,35)/t24-,25-/m1/s1. The van der Waals surface area contributed by atoms with Gasteiger partial charge in [-0.25, -0.2) is 4.98 Å². The number of ether oxygens (including phenoxy) is 1. The summed E-state index contributed by atoms with van der Waals surface area (Å²) in [5.41, 5.74) is 6.26. The molecule has 4 aromatic rings. The van der Waals surface area contributed by atoms with Gasteiger partial charge in [-0.1, -0.05) is 23.7 Å². The van der Waals surface area contributed by atoms with Gasteiger partial charge in [0.15, 0.2) is 5.11 Å². The third-order valence-electron chi connectivity index (χ3n) is 6.49. The van der Waals surface area contributed by atoms with E-state index in [-0.39, 0.29) is 12.1 Å². The molecular weight excluding hydrogens is 478 g/mol. The van der Waals surface area contributed by atoms with Crippen LogP contribution in [0.4, 0.5) is 5.69 Å². The highest BCUT2D eigenvalue weighted by Crippen LogP contribution is 2.44. The van der Waals surface area contributed by atoms with Crippen molar-refractivity contribution in [1.29, 1.82) is 0 Å². The van der Waals surface area contributed by atoms with Crippen LogP contribution in [0.25, 0.3) is 5.82 Å². The minimum Gasteiger partial charge on any atom is -0.495 e. The number of pyridine rings is 2. The first-order chi connectivity index (χ1) is 16.9. The Balaban J connectivity index is 1.69. The predicted molar refractivity (Wildman–Crippen MR) is 144 cm³/mol. The summed E-state index contributed by atoms with van der Waals surface area (Å²) in [5.74, 6) is 1.55. The summed E-state index contributed by atoms with van der Waals surface area (Å²) in [5, 5.41) is 4.66.